The summed E-state index contributed by atoms with van der Waals surface area (Å²) in [6.45, 7) is 0. The largest absolute Gasteiger partial charge is 0.193 e. The molecule has 0 saturated carbocycles. The summed E-state index contributed by atoms with van der Waals surface area (Å²) >= 11 is 1.71. The molecule has 1 aromatic rings. The van der Waals surface area contributed by atoms with Gasteiger partial charge in [-0.3, -0.25) is 0 Å². The van der Waals surface area contributed by atoms with Gasteiger partial charge in [0, 0.05) is 11.0 Å². The Balaban J connectivity index is 2.79. The van der Waals surface area contributed by atoms with Gasteiger partial charge in [-0.2, -0.15) is 5.26 Å². The molecule has 1 rings (SSSR count). The summed E-state index contributed by atoms with van der Waals surface area (Å²) < 4.78 is 0. The third-order valence-electron chi connectivity index (χ3n) is 1.47. The van der Waals surface area contributed by atoms with Crippen molar-refractivity contribution in [2.45, 2.75) is 4.90 Å². The lowest BCUT2D eigenvalue weighted by Crippen LogP contribution is -1.71. The van der Waals surface area contributed by atoms with E-state index in [1.807, 2.05) is 36.6 Å². The van der Waals surface area contributed by atoms with E-state index in [9.17, 15) is 0 Å². The summed E-state index contributed by atoms with van der Waals surface area (Å²) in [5, 5.41) is 8.29. The van der Waals surface area contributed by atoms with Crippen molar-refractivity contribution in [1.82, 2.24) is 0 Å². The molecule has 0 unspecified atom stereocenters. The number of hydrogen-bond acceptors (Lipinski definition) is 2. The molecule has 2 heteroatoms. The number of benzene rings is 1. The Bertz CT molecular complexity index is 306. The second-order valence-electron chi connectivity index (χ2n) is 2.24. The molecular weight excluding hydrogens is 166 g/mol. The van der Waals surface area contributed by atoms with E-state index in [-0.39, 0.29) is 0 Å². The number of allylic oxidation sites excluding steroid dienone is 1. The first-order chi connectivity index (χ1) is 5.86. The fourth-order valence-electron chi connectivity index (χ4n) is 0.849. The van der Waals surface area contributed by atoms with Crippen LogP contribution in [-0.4, -0.2) is 6.26 Å². The molecule has 0 aliphatic carbocycles. The molecule has 0 spiro atoms. The second-order valence-corrected chi connectivity index (χ2v) is 3.12. The minimum absolute atomic E-state index is 1.06. The highest BCUT2D eigenvalue weighted by Gasteiger charge is 1.88. The monoisotopic (exact) mass is 175 g/mol. The van der Waals surface area contributed by atoms with Crippen LogP contribution in [0.3, 0.4) is 0 Å². The van der Waals surface area contributed by atoms with Crippen LogP contribution in [0.1, 0.15) is 5.56 Å². The highest BCUT2D eigenvalue weighted by molar-refractivity contribution is 7.98. The topological polar surface area (TPSA) is 23.8 Å². The Kier molecular flexibility index (Phi) is 3.43. The lowest BCUT2D eigenvalue weighted by Gasteiger charge is -1.95. The van der Waals surface area contributed by atoms with E-state index in [1.165, 1.54) is 11.0 Å². The zero-order chi connectivity index (χ0) is 8.81. The van der Waals surface area contributed by atoms with E-state index in [0.717, 1.165) is 5.56 Å². The smallest absolute Gasteiger partial charge is 0.0912 e. The molecule has 0 fully saturated rings. The van der Waals surface area contributed by atoms with Crippen LogP contribution in [0.5, 0.6) is 0 Å². The summed E-state index contributed by atoms with van der Waals surface area (Å²) in [6.07, 6.45) is 5.32. The molecule has 0 amide bonds. The van der Waals surface area contributed by atoms with Gasteiger partial charge in [-0.1, -0.05) is 12.1 Å². The first kappa shape index (κ1) is 8.89. The first-order valence-corrected chi connectivity index (χ1v) is 4.79. The lowest BCUT2D eigenvalue weighted by atomic mass is 10.2. The highest BCUT2D eigenvalue weighted by Crippen LogP contribution is 2.15. The summed E-state index contributed by atoms with van der Waals surface area (Å²) in [6, 6.07) is 10.0. The molecule has 0 heterocycles. The van der Waals surface area contributed by atoms with E-state index in [1.54, 1.807) is 17.8 Å². The van der Waals surface area contributed by atoms with Crippen molar-refractivity contribution in [1.29, 1.82) is 5.26 Å². The predicted octanol–water partition coefficient (Wildman–Crippen LogP) is 2.95. The average molecular weight is 175 g/mol. The van der Waals surface area contributed by atoms with Crippen LogP contribution in [0.2, 0.25) is 0 Å². The number of hydrogen-bond donors (Lipinski definition) is 0. The van der Waals surface area contributed by atoms with Gasteiger partial charge in [-0.15, -0.1) is 11.8 Å². The third-order valence-corrected chi connectivity index (χ3v) is 2.21. The van der Waals surface area contributed by atoms with Crippen LogP contribution in [0.4, 0.5) is 0 Å². The molecule has 0 aliphatic rings. The fourth-order valence-corrected chi connectivity index (χ4v) is 1.26. The van der Waals surface area contributed by atoms with E-state index >= 15 is 0 Å². The highest BCUT2D eigenvalue weighted by atomic mass is 32.2. The zero-order valence-electron chi connectivity index (χ0n) is 6.82. The van der Waals surface area contributed by atoms with Crippen molar-refractivity contribution in [3.63, 3.8) is 0 Å². The minimum Gasteiger partial charge on any atom is -0.193 e. The number of nitrogens with zero attached hydrogens (tertiary/aromatic N) is 1. The van der Waals surface area contributed by atoms with Crippen molar-refractivity contribution in [3.05, 3.63) is 35.9 Å². The van der Waals surface area contributed by atoms with Gasteiger partial charge in [0.15, 0.2) is 0 Å². The van der Waals surface area contributed by atoms with Crippen LogP contribution in [-0.2, 0) is 0 Å². The molecule has 0 aliphatic heterocycles. The Morgan fingerprint density at radius 1 is 1.33 bits per heavy atom. The number of thioether (sulfide) groups is 1. The van der Waals surface area contributed by atoms with Gasteiger partial charge in [-0.25, -0.2) is 0 Å². The van der Waals surface area contributed by atoms with E-state index in [4.69, 9.17) is 5.26 Å². The Labute approximate surface area is 76.7 Å². The Hall–Kier alpha value is -1.20. The van der Waals surface area contributed by atoms with Crippen molar-refractivity contribution < 1.29 is 0 Å². The van der Waals surface area contributed by atoms with Crippen molar-refractivity contribution in [3.8, 4) is 6.07 Å². The van der Waals surface area contributed by atoms with E-state index < -0.39 is 0 Å². The molecular formula is C10H9NS. The van der Waals surface area contributed by atoms with Crippen molar-refractivity contribution in [2.75, 3.05) is 6.26 Å². The van der Waals surface area contributed by atoms with Crippen LogP contribution in [0.25, 0.3) is 6.08 Å². The molecule has 0 saturated heterocycles. The van der Waals surface area contributed by atoms with Gasteiger partial charge in [0.2, 0.25) is 0 Å². The number of nitriles is 1. The summed E-state index contributed by atoms with van der Waals surface area (Å²) in [7, 11) is 0. The summed E-state index contributed by atoms with van der Waals surface area (Å²) in [5.74, 6) is 0. The molecule has 1 aromatic carbocycles. The second kappa shape index (κ2) is 4.63. The molecule has 1 nitrogen and oxygen atoms in total. The maximum absolute atomic E-state index is 8.29. The molecule has 0 N–H and O–H groups in total. The van der Waals surface area contributed by atoms with Crippen molar-refractivity contribution in [2.24, 2.45) is 0 Å². The lowest BCUT2D eigenvalue weighted by molar-refractivity contribution is 1.45. The van der Waals surface area contributed by atoms with Gasteiger partial charge < -0.3 is 0 Å². The Morgan fingerprint density at radius 2 is 2.00 bits per heavy atom. The third kappa shape index (κ3) is 2.44. The van der Waals surface area contributed by atoms with Crippen LogP contribution in [0, 0.1) is 11.3 Å². The van der Waals surface area contributed by atoms with Crippen LogP contribution >= 0.6 is 11.8 Å². The van der Waals surface area contributed by atoms with Gasteiger partial charge in [-0.05, 0) is 30.0 Å². The molecule has 0 radical (unpaired) electrons. The average Bonchev–Trinajstić information content (AvgIpc) is 2.15. The quantitative estimate of drug-likeness (QED) is 0.509. The molecule has 12 heavy (non-hydrogen) atoms. The van der Waals surface area contributed by atoms with Crippen LogP contribution in [0.15, 0.2) is 35.2 Å². The molecule has 0 bridgehead atoms. The maximum Gasteiger partial charge on any atom is 0.0912 e. The first-order valence-electron chi connectivity index (χ1n) is 3.57. The van der Waals surface area contributed by atoms with Crippen LogP contribution < -0.4 is 0 Å². The molecule has 60 valence electrons. The molecule has 0 aromatic heterocycles. The van der Waals surface area contributed by atoms with E-state index in [2.05, 4.69) is 0 Å². The maximum atomic E-state index is 8.29. The van der Waals surface area contributed by atoms with Gasteiger partial charge >= 0.3 is 0 Å². The van der Waals surface area contributed by atoms with Gasteiger partial charge in [0.25, 0.3) is 0 Å². The van der Waals surface area contributed by atoms with Gasteiger partial charge in [0.1, 0.15) is 0 Å². The van der Waals surface area contributed by atoms with Crippen molar-refractivity contribution >= 4 is 17.8 Å². The number of rotatable bonds is 2. The van der Waals surface area contributed by atoms with E-state index in [0.29, 0.717) is 0 Å². The standard InChI is InChI=1S/C10H9NS/c1-12-10-6-4-9(5-7-10)3-2-8-11/h2-7H,1H3/b3-2-. The van der Waals surface area contributed by atoms with Gasteiger partial charge in [0.05, 0.1) is 6.07 Å². The Morgan fingerprint density at radius 3 is 2.50 bits per heavy atom. The SMILES string of the molecule is CSc1ccc(/C=C\C#N)cc1. The minimum atomic E-state index is 1.06. The zero-order valence-corrected chi connectivity index (χ0v) is 7.64. The predicted molar refractivity (Wildman–Crippen MR) is 52.9 cm³/mol. The summed E-state index contributed by atoms with van der Waals surface area (Å²) in [5.41, 5.74) is 1.06. The summed E-state index contributed by atoms with van der Waals surface area (Å²) in [4.78, 5) is 1.24. The normalized spacial score (nSPS) is 10.0. The molecule has 0 atom stereocenters. The fraction of sp³-hybridized carbons (Fsp3) is 0.100.